The van der Waals surface area contributed by atoms with Crippen LogP contribution >= 0.6 is 0 Å². The zero-order valence-corrected chi connectivity index (χ0v) is 10.4. The summed E-state index contributed by atoms with van der Waals surface area (Å²) in [6.45, 7) is 4.11. The summed E-state index contributed by atoms with van der Waals surface area (Å²) >= 11 is 0. The van der Waals surface area contributed by atoms with Gasteiger partial charge in [0.2, 0.25) is 0 Å². The third-order valence-corrected chi connectivity index (χ3v) is 4.15. The van der Waals surface area contributed by atoms with E-state index in [1.807, 2.05) is 24.3 Å². The second-order valence-electron chi connectivity index (χ2n) is 5.23. The monoisotopic (exact) mass is 230 g/mol. The van der Waals surface area contributed by atoms with Gasteiger partial charge in [0.15, 0.2) is 0 Å². The number of carbonyl (C=O) groups excluding carboxylic acids is 1. The van der Waals surface area contributed by atoms with Crippen LogP contribution in [0.2, 0.25) is 0 Å². The Morgan fingerprint density at radius 1 is 1.29 bits per heavy atom. The van der Waals surface area contributed by atoms with Crippen molar-refractivity contribution < 1.29 is 4.79 Å². The van der Waals surface area contributed by atoms with E-state index in [0.717, 1.165) is 30.8 Å². The average Bonchev–Trinajstić information content (AvgIpc) is 2.65. The molecule has 3 nitrogen and oxygen atoms in total. The fourth-order valence-electron chi connectivity index (χ4n) is 3.06. The van der Waals surface area contributed by atoms with E-state index in [-0.39, 0.29) is 5.91 Å². The molecule has 1 fully saturated rings. The van der Waals surface area contributed by atoms with Crippen molar-refractivity contribution >= 4 is 11.6 Å². The molecule has 1 unspecified atom stereocenters. The van der Waals surface area contributed by atoms with Crippen LogP contribution in [0.5, 0.6) is 0 Å². The number of likely N-dealkylation sites (N-methyl/N-ethyl adjacent to an activating group) is 1. The van der Waals surface area contributed by atoms with Crippen molar-refractivity contribution in [1.29, 1.82) is 0 Å². The summed E-state index contributed by atoms with van der Waals surface area (Å²) < 4.78 is 0. The normalized spacial score (nSPS) is 27.8. The molecule has 17 heavy (non-hydrogen) atoms. The van der Waals surface area contributed by atoms with Gasteiger partial charge in [-0.25, -0.2) is 0 Å². The molecule has 3 heteroatoms. The molecule has 1 aromatic carbocycles. The zero-order chi connectivity index (χ0) is 12.0. The quantitative estimate of drug-likeness (QED) is 0.680. The zero-order valence-electron chi connectivity index (χ0n) is 10.4. The van der Waals surface area contributed by atoms with Crippen molar-refractivity contribution in [3.8, 4) is 0 Å². The molecule has 0 N–H and O–H groups in total. The summed E-state index contributed by atoms with van der Waals surface area (Å²) in [5.74, 6) is 0.815. The van der Waals surface area contributed by atoms with Gasteiger partial charge in [-0.2, -0.15) is 0 Å². The first-order chi connectivity index (χ1) is 8.18. The van der Waals surface area contributed by atoms with Gasteiger partial charge in [-0.05, 0) is 24.5 Å². The van der Waals surface area contributed by atoms with Crippen LogP contribution in [0, 0.1) is 5.92 Å². The topological polar surface area (TPSA) is 23.6 Å². The van der Waals surface area contributed by atoms with Crippen molar-refractivity contribution in [2.45, 2.75) is 19.4 Å². The Balaban J connectivity index is 2.08. The summed E-state index contributed by atoms with van der Waals surface area (Å²) in [6.07, 6.45) is 1.13. The number of carbonyl (C=O) groups is 1. The molecule has 2 aliphatic heterocycles. The van der Waals surface area contributed by atoms with E-state index in [2.05, 4.69) is 23.8 Å². The Kier molecular flexibility index (Phi) is 2.35. The lowest BCUT2D eigenvalue weighted by atomic mass is 10.0. The third-order valence-electron chi connectivity index (χ3n) is 4.15. The second kappa shape index (κ2) is 3.76. The fraction of sp³-hybridized carbons (Fsp3) is 0.500. The summed E-state index contributed by atoms with van der Waals surface area (Å²) in [4.78, 5) is 16.8. The standard InChI is InChI=1S/C14H18N2O/c1-10-7-8-16-13(10)9-15(2)12-6-4-3-5-11(12)14(16)17/h3-6,10,13H,7-9H2,1-2H3/t10?,13-/m1/s1. The minimum Gasteiger partial charge on any atom is -0.372 e. The van der Waals surface area contributed by atoms with Crippen molar-refractivity contribution in [3.05, 3.63) is 29.8 Å². The highest BCUT2D eigenvalue weighted by molar-refractivity contribution is 6.00. The van der Waals surface area contributed by atoms with E-state index in [1.165, 1.54) is 0 Å². The van der Waals surface area contributed by atoms with Crippen molar-refractivity contribution in [1.82, 2.24) is 4.90 Å². The molecule has 1 amide bonds. The number of hydrogen-bond acceptors (Lipinski definition) is 2. The SMILES string of the molecule is CC1CCN2C(=O)c3ccccc3N(C)C[C@H]12. The van der Waals surface area contributed by atoms with Gasteiger partial charge >= 0.3 is 0 Å². The molecule has 0 aliphatic carbocycles. The van der Waals surface area contributed by atoms with Gasteiger partial charge in [-0.15, -0.1) is 0 Å². The Morgan fingerprint density at radius 3 is 2.88 bits per heavy atom. The molecular weight excluding hydrogens is 212 g/mol. The maximum absolute atomic E-state index is 12.5. The van der Waals surface area contributed by atoms with E-state index in [0.29, 0.717) is 12.0 Å². The number of fused-ring (bicyclic) bond motifs is 2. The Bertz CT molecular complexity index is 457. The first kappa shape index (κ1) is 10.6. The van der Waals surface area contributed by atoms with E-state index in [9.17, 15) is 4.79 Å². The number of rotatable bonds is 0. The lowest BCUT2D eigenvalue weighted by Gasteiger charge is -2.27. The lowest BCUT2D eigenvalue weighted by molar-refractivity contribution is 0.0736. The highest BCUT2D eigenvalue weighted by atomic mass is 16.2. The Labute approximate surface area is 102 Å². The van der Waals surface area contributed by atoms with Crippen LogP contribution in [-0.2, 0) is 0 Å². The van der Waals surface area contributed by atoms with Crippen molar-refractivity contribution in [2.75, 3.05) is 25.0 Å². The number of para-hydroxylation sites is 1. The van der Waals surface area contributed by atoms with Gasteiger partial charge in [0.1, 0.15) is 0 Å². The molecule has 90 valence electrons. The number of hydrogen-bond donors (Lipinski definition) is 0. The third kappa shape index (κ3) is 1.53. The van der Waals surface area contributed by atoms with Gasteiger partial charge in [0.05, 0.1) is 11.6 Å². The maximum atomic E-state index is 12.5. The fourth-order valence-corrected chi connectivity index (χ4v) is 3.06. The van der Waals surface area contributed by atoms with Gasteiger partial charge in [0.25, 0.3) is 5.91 Å². The van der Waals surface area contributed by atoms with Crippen LogP contribution in [0.3, 0.4) is 0 Å². The molecule has 1 aromatic rings. The van der Waals surface area contributed by atoms with E-state index in [4.69, 9.17) is 0 Å². The Morgan fingerprint density at radius 2 is 2.06 bits per heavy atom. The molecule has 0 aromatic heterocycles. The number of amides is 1. The Hall–Kier alpha value is -1.51. The lowest BCUT2D eigenvalue weighted by Crippen LogP contribution is -2.41. The molecule has 1 saturated heterocycles. The second-order valence-corrected chi connectivity index (χ2v) is 5.23. The highest BCUT2D eigenvalue weighted by Gasteiger charge is 2.38. The van der Waals surface area contributed by atoms with Crippen LogP contribution in [-0.4, -0.2) is 37.0 Å². The molecule has 2 atom stereocenters. The molecule has 2 heterocycles. The van der Waals surface area contributed by atoms with Gasteiger partial charge in [-0.1, -0.05) is 19.1 Å². The number of nitrogens with zero attached hydrogens (tertiary/aromatic N) is 2. The van der Waals surface area contributed by atoms with E-state index >= 15 is 0 Å². The smallest absolute Gasteiger partial charge is 0.256 e. The minimum absolute atomic E-state index is 0.208. The van der Waals surface area contributed by atoms with E-state index in [1.54, 1.807) is 0 Å². The predicted octanol–water partition coefficient (Wildman–Crippen LogP) is 1.99. The van der Waals surface area contributed by atoms with Crippen LogP contribution in [0.4, 0.5) is 5.69 Å². The van der Waals surface area contributed by atoms with Crippen molar-refractivity contribution in [3.63, 3.8) is 0 Å². The molecule has 2 aliphatic rings. The molecule has 0 bridgehead atoms. The van der Waals surface area contributed by atoms with Gasteiger partial charge in [0, 0.05) is 25.8 Å². The summed E-state index contributed by atoms with van der Waals surface area (Å²) in [6, 6.07) is 8.31. The van der Waals surface area contributed by atoms with Crippen LogP contribution < -0.4 is 4.90 Å². The molecule has 0 spiro atoms. The van der Waals surface area contributed by atoms with Gasteiger partial charge in [-0.3, -0.25) is 4.79 Å². The molecule has 0 saturated carbocycles. The summed E-state index contributed by atoms with van der Waals surface area (Å²) in [5, 5.41) is 0. The molecule has 3 rings (SSSR count). The highest BCUT2D eigenvalue weighted by Crippen LogP contribution is 2.33. The summed E-state index contributed by atoms with van der Waals surface area (Å²) in [7, 11) is 2.08. The first-order valence-electron chi connectivity index (χ1n) is 6.29. The number of benzene rings is 1. The minimum atomic E-state index is 0.208. The average molecular weight is 230 g/mol. The van der Waals surface area contributed by atoms with Crippen LogP contribution in [0.15, 0.2) is 24.3 Å². The van der Waals surface area contributed by atoms with Crippen molar-refractivity contribution in [2.24, 2.45) is 5.92 Å². The largest absolute Gasteiger partial charge is 0.372 e. The molecule has 0 radical (unpaired) electrons. The maximum Gasteiger partial charge on any atom is 0.256 e. The summed E-state index contributed by atoms with van der Waals surface area (Å²) in [5.41, 5.74) is 1.92. The van der Waals surface area contributed by atoms with Crippen LogP contribution in [0.1, 0.15) is 23.7 Å². The van der Waals surface area contributed by atoms with Crippen LogP contribution in [0.25, 0.3) is 0 Å². The van der Waals surface area contributed by atoms with E-state index < -0.39 is 0 Å². The van der Waals surface area contributed by atoms with Gasteiger partial charge < -0.3 is 9.80 Å². The number of anilines is 1. The molecular formula is C14H18N2O. The first-order valence-corrected chi connectivity index (χ1v) is 6.29. The predicted molar refractivity (Wildman–Crippen MR) is 68.3 cm³/mol.